The van der Waals surface area contributed by atoms with Crippen molar-refractivity contribution >= 4 is 43.3 Å². The van der Waals surface area contributed by atoms with Crippen molar-refractivity contribution in [2.24, 2.45) is 0 Å². The molecule has 0 aliphatic heterocycles. The number of anilines is 2. The molecule has 2 aromatic rings. The van der Waals surface area contributed by atoms with Crippen LogP contribution >= 0.6 is 11.3 Å². The summed E-state index contributed by atoms with van der Waals surface area (Å²) in [6.45, 7) is 0.286. The van der Waals surface area contributed by atoms with E-state index in [1.165, 1.54) is 18.4 Å². The third kappa shape index (κ3) is 3.31. The lowest BCUT2D eigenvalue weighted by Crippen LogP contribution is -2.26. The van der Waals surface area contributed by atoms with Crippen molar-refractivity contribution in [3.8, 4) is 0 Å². The molecule has 0 bridgehead atoms. The summed E-state index contributed by atoms with van der Waals surface area (Å²) in [5.74, 6) is 1.14. The minimum atomic E-state index is -3.21. The SMILES string of the molecule is CNc1nc(NCCS(=O)(=O)NC)c2ccsc2n1. The summed E-state index contributed by atoms with van der Waals surface area (Å²) < 4.78 is 24.9. The van der Waals surface area contributed by atoms with Crippen LogP contribution in [0.5, 0.6) is 0 Å². The Kier molecular flexibility index (Phi) is 4.17. The van der Waals surface area contributed by atoms with Crippen LogP contribution in [-0.2, 0) is 10.0 Å². The molecule has 3 N–H and O–H groups in total. The maximum atomic E-state index is 11.3. The second kappa shape index (κ2) is 5.68. The fourth-order valence-electron chi connectivity index (χ4n) is 1.51. The number of thiophene rings is 1. The Morgan fingerprint density at radius 1 is 1.32 bits per heavy atom. The molecule has 0 atom stereocenters. The van der Waals surface area contributed by atoms with Gasteiger partial charge in [0.2, 0.25) is 16.0 Å². The predicted molar refractivity (Wildman–Crippen MR) is 78.3 cm³/mol. The van der Waals surface area contributed by atoms with Gasteiger partial charge in [-0.15, -0.1) is 11.3 Å². The topological polar surface area (TPSA) is 96.0 Å². The van der Waals surface area contributed by atoms with E-state index in [1.807, 2.05) is 11.4 Å². The molecule has 0 aliphatic rings. The highest BCUT2D eigenvalue weighted by Gasteiger charge is 2.10. The number of hydrogen-bond acceptors (Lipinski definition) is 7. The Bertz CT molecular complexity index is 668. The highest BCUT2D eigenvalue weighted by molar-refractivity contribution is 7.89. The van der Waals surface area contributed by atoms with E-state index in [-0.39, 0.29) is 12.3 Å². The summed E-state index contributed by atoms with van der Waals surface area (Å²) in [6, 6.07) is 1.91. The minimum absolute atomic E-state index is 0.00593. The Morgan fingerprint density at radius 2 is 2.11 bits per heavy atom. The fourth-order valence-corrected chi connectivity index (χ4v) is 2.85. The molecule has 0 spiro atoms. The zero-order valence-corrected chi connectivity index (χ0v) is 12.2. The zero-order chi connectivity index (χ0) is 13.9. The van der Waals surface area contributed by atoms with Gasteiger partial charge < -0.3 is 10.6 Å². The summed E-state index contributed by atoms with van der Waals surface area (Å²) in [7, 11) is -0.0750. The highest BCUT2D eigenvalue weighted by Crippen LogP contribution is 2.26. The van der Waals surface area contributed by atoms with E-state index in [2.05, 4.69) is 25.3 Å². The molecule has 2 aromatic heterocycles. The molecule has 0 aromatic carbocycles. The van der Waals surface area contributed by atoms with Gasteiger partial charge in [0.05, 0.1) is 11.1 Å². The van der Waals surface area contributed by atoms with Gasteiger partial charge in [-0.25, -0.2) is 18.1 Å². The largest absolute Gasteiger partial charge is 0.368 e. The van der Waals surface area contributed by atoms with Crippen molar-refractivity contribution in [2.45, 2.75) is 0 Å². The van der Waals surface area contributed by atoms with Crippen molar-refractivity contribution in [1.29, 1.82) is 0 Å². The lowest BCUT2D eigenvalue weighted by molar-refractivity contribution is 0.588. The number of aromatic nitrogens is 2. The van der Waals surface area contributed by atoms with Crippen molar-refractivity contribution in [3.63, 3.8) is 0 Å². The number of nitrogens with zero attached hydrogens (tertiary/aromatic N) is 2. The van der Waals surface area contributed by atoms with Crippen LogP contribution in [0, 0.1) is 0 Å². The van der Waals surface area contributed by atoms with Gasteiger partial charge in [-0.2, -0.15) is 4.98 Å². The van der Waals surface area contributed by atoms with Gasteiger partial charge in [-0.3, -0.25) is 0 Å². The minimum Gasteiger partial charge on any atom is -0.368 e. The van der Waals surface area contributed by atoms with Crippen molar-refractivity contribution in [3.05, 3.63) is 11.4 Å². The lowest BCUT2D eigenvalue weighted by Gasteiger charge is -2.08. The van der Waals surface area contributed by atoms with Crippen LogP contribution in [0.25, 0.3) is 10.2 Å². The van der Waals surface area contributed by atoms with Crippen LogP contribution < -0.4 is 15.4 Å². The van der Waals surface area contributed by atoms with E-state index >= 15 is 0 Å². The van der Waals surface area contributed by atoms with E-state index in [0.29, 0.717) is 11.8 Å². The predicted octanol–water partition coefficient (Wildman–Crippen LogP) is 0.694. The standard InChI is InChI=1S/C10H15N5O2S2/c1-11-10-14-8(7-3-5-18-9(7)15-10)13-4-6-19(16,17)12-2/h3,5,12H,4,6H2,1-2H3,(H2,11,13,14,15). The summed E-state index contributed by atoms with van der Waals surface area (Å²) in [6.07, 6.45) is 0. The van der Waals surface area contributed by atoms with Crippen LogP contribution in [0.2, 0.25) is 0 Å². The van der Waals surface area contributed by atoms with Gasteiger partial charge in [0, 0.05) is 13.6 Å². The Hall–Kier alpha value is -1.45. The number of nitrogens with one attached hydrogen (secondary N) is 3. The molecule has 19 heavy (non-hydrogen) atoms. The van der Waals surface area contributed by atoms with Crippen molar-refractivity contribution < 1.29 is 8.42 Å². The van der Waals surface area contributed by atoms with Crippen LogP contribution in [0.1, 0.15) is 0 Å². The molecule has 0 amide bonds. The first-order valence-corrected chi connectivity index (χ1v) is 8.17. The maximum Gasteiger partial charge on any atom is 0.225 e. The van der Waals surface area contributed by atoms with Gasteiger partial charge in [0.25, 0.3) is 0 Å². The zero-order valence-electron chi connectivity index (χ0n) is 10.6. The van der Waals surface area contributed by atoms with Crippen LogP contribution in [0.4, 0.5) is 11.8 Å². The molecule has 0 saturated heterocycles. The number of sulfonamides is 1. The quantitative estimate of drug-likeness (QED) is 0.726. The molecular weight excluding hydrogens is 286 g/mol. The fraction of sp³-hybridized carbons (Fsp3) is 0.400. The molecule has 0 unspecified atom stereocenters. The number of fused-ring (bicyclic) bond motifs is 1. The van der Waals surface area contributed by atoms with Crippen molar-refractivity contribution in [2.75, 3.05) is 37.0 Å². The second-order valence-electron chi connectivity index (χ2n) is 3.74. The summed E-state index contributed by atoms with van der Waals surface area (Å²) in [4.78, 5) is 9.47. The number of rotatable bonds is 6. The van der Waals surface area contributed by atoms with Crippen LogP contribution in [0.15, 0.2) is 11.4 Å². The molecule has 2 rings (SSSR count). The smallest absolute Gasteiger partial charge is 0.225 e. The summed E-state index contributed by atoms with van der Waals surface area (Å²) in [5, 5.41) is 8.74. The molecule has 0 aliphatic carbocycles. The molecule has 0 radical (unpaired) electrons. The molecule has 0 fully saturated rings. The van der Waals surface area contributed by atoms with Crippen LogP contribution in [-0.4, -0.2) is 44.8 Å². The van der Waals surface area contributed by atoms with Gasteiger partial charge in [-0.1, -0.05) is 0 Å². The maximum absolute atomic E-state index is 11.3. The average Bonchev–Trinajstić information content (AvgIpc) is 2.86. The first kappa shape index (κ1) is 14.0. The third-order valence-electron chi connectivity index (χ3n) is 2.52. The Balaban J connectivity index is 2.17. The lowest BCUT2D eigenvalue weighted by atomic mass is 10.4. The van der Waals surface area contributed by atoms with E-state index in [4.69, 9.17) is 0 Å². The van der Waals surface area contributed by atoms with E-state index in [9.17, 15) is 8.42 Å². The first-order chi connectivity index (χ1) is 9.05. The average molecular weight is 301 g/mol. The normalized spacial score (nSPS) is 11.7. The molecular formula is C10H15N5O2S2. The first-order valence-electron chi connectivity index (χ1n) is 5.64. The van der Waals surface area contributed by atoms with Crippen LogP contribution in [0.3, 0.4) is 0 Å². The molecule has 7 nitrogen and oxygen atoms in total. The van der Waals surface area contributed by atoms with E-state index in [1.54, 1.807) is 7.05 Å². The molecule has 104 valence electrons. The van der Waals surface area contributed by atoms with Gasteiger partial charge in [0.1, 0.15) is 10.6 Å². The summed E-state index contributed by atoms with van der Waals surface area (Å²) >= 11 is 1.51. The van der Waals surface area contributed by atoms with Gasteiger partial charge in [-0.05, 0) is 18.5 Å². The number of hydrogen-bond donors (Lipinski definition) is 3. The molecule has 2 heterocycles. The molecule has 9 heteroatoms. The monoisotopic (exact) mass is 301 g/mol. The van der Waals surface area contributed by atoms with Gasteiger partial charge in [0.15, 0.2) is 0 Å². The van der Waals surface area contributed by atoms with Gasteiger partial charge >= 0.3 is 0 Å². The van der Waals surface area contributed by atoms with Crippen molar-refractivity contribution in [1.82, 2.24) is 14.7 Å². The molecule has 0 saturated carbocycles. The van der Waals surface area contributed by atoms with E-state index < -0.39 is 10.0 Å². The highest BCUT2D eigenvalue weighted by atomic mass is 32.2. The Morgan fingerprint density at radius 3 is 2.79 bits per heavy atom. The summed E-state index contributed by atoms with van der Waals surface area (Å²) in [5.41, 5.74) is 0. The van der Waals surface area contributed by atoms with E-state index in [0.717, 1.165) is 10.2 Å². The second-order valence-corrected chi connectivity index (χ2v) is 6.68. The Labute approximate surface area is 115 Å². The third-order valence-corrected chi connectivity index (χ3v) is 4.69.